The number of imidazole rings is 1. The van der Waals surface area contributed by atoms with Gasteiger partial charge in [0, 0.05) is 26.0 Å². The molecule has 0 aliphatic rings. The fourth-order valence-electron chi connectivity index (χ4n) is 1.32. The van der Waals surface area contributed by atoms with Gasteiger partial charge in [-0.25, -0.2) is 4.98 Å². The van der Waals surface area contributed by atoms with E-state index in [1.165, 1.54) is 0 Å². The van der Waals surface area contributed by atoms with E-state index in [9.17, 15) is 5.11 Å². The van der Waals surface area contributed by atoms with Crippen molar-refractivity contribution < 1.29 is 10.2 Å². The highest BCUT2D eigenvalue weighted by Crippen LogP contribution is 2.08. The van der Waals surface area contributed by atoms with Crippen LogP contribution in [0.3, 0.4) is 0 Å². The first kappa shape index (κ1) is 13.2. The lowest BCUT2D eigenvalue weighted by atomic mass is 10.4. The minimum Gasteiger partial charge on any atom is -0.394 e. The molecule has 1 unspecified atom stereocenters. The Bertz CT molecular complexity index is 517. The minimum absolute atomic E-state index is 0.146. The lowest BCUT2D eigenvalue weighted by Gasteiger charge is -2.10. The zero-order valence-electron chi connectivity index (χ0n) is 10.4. The van der Waals surface area contributed by atoms with Gasteiger partial charge >= 0.3 is 0 Å². The minimum atomic E-state index is -0.869. The first-order chi connectivity index (χ1) is 9.22. The van der Waals surface area contributed by atoms with E-state index in [0.29, 0.717) is 17.8 Å². The average Bonchev–Trinajstić information content (AvgIpc) is 2.98. The highest BCUT2D eigenvalue weighted by molar-refractivity contribution is 5.37. The second-order valence-electron chi connectivity index (χ2n) is 3.72. The highest BCUT2D eigenvalue weighted by atomic mass is 16.3. The Labute approximate surface area is 109 Å². The van der Waals surface area contributed by atoms with Gasteiger partial charge in [-0.3, -0.25) is 4.57 Å². The van der Waals surface area contributed by atoms with Gasteiger partial charge in [0.1, 0.15) is 6.33 Å². The summed E-state index contributed by atoms with van der Waals surface area (Å²) in [6.45, 7) is -0.182. The van der Waals surface area contributed by atoms with Gasteiger partial charge in [0.2, 0.25) is 17.8 Å². The number of aliphatic hydroxyl groups excluding tert-OH is 2. The van der Waals surface area contributed by atoms with Crippen LogP contribution >= 0.6 is 0 Å². The topological polar surface area (TPSA) is 121 Å². The van der Waals surface area contributed by atoms with Crippen LogP contribution in [0.15, 0.2) is 18.7 Å². The van der Waals surface area contributed by atoms with Crippen molar-refractivity contribution in [3.05, 3.63) is 18.7 Å². The molecule has 0 amide bonds. The molecule has 19 heavy (non-hydrogen) atoms. The monoisotopic (exact) mass is 265 g/mol. The maximum Gasteiger partial charge on any atom is 0.241 e. The van der Waals surface area contributed by atoms with E-state index >= 15 is 0 Å². The largest absolute Gasteiger partial charge is 0.394 e. The molecule has 9 heteroatoms. The molecule has 2 heterocycles. The average molecular weight is 265 g/mol. The quantitative estimate of drug-likeness (QED) is 0.517. The summed E-state index contributed by atoms with van der Waals surface area (Å²) < 4.78 is 1.64. The SMILES string of the molecule is CNc1nc(NCC(O)CO)nc(-n2ccnc2)n1. The fourth-order valence-corrected chi connectivity index (χ4v) is 1.32. The molecule has 2 aromatic rings. The molecule has 0 aliphatic carbocycles. The van der Waals surface area contributed by atoms with E-state index in [1.807, 2.05) is 0 Å². The number of rotatable bonds is 6. The van der Waals surface area contributed by atoms with E-state index < -0.39 is 6.10 Å². The second-order valence-corrected chi connectivity index (χ2v) is 3.72. The van der Waals surface area contributed by atoms with E-state index in [2.05, 4.69) is 30.6 Å². The molecule has 102 valence electrons. The molecule has 0 radical (unpaired) electrons. The molecule has 2 aromatic heterocycles. The van der Waals surface area contributed by atoms with Crippen molar-refractivity contribution >= 4 is 11.9 Å². The summed E-state index contributed by atoms with van der Waals surface area (Å²) in [5.74, 6) is 1.09. The van der Waals surface area contributed by atoms with Gasteiger partial charge in [-0.05, 0) is 0 Å². The molecule has 0 saturated carbocycles. The summed E-state index contributed by atoms with van der Waals surface area (Å²) in [6, 6.07) is 0. The van der Waals surface area contributed by atoms with Crippen LogP contribution in [-0.4, -0.2) is 61.0 Å². The fraction of sp³-hybridized carbons (Fsp3) is 0.400. The Morgan fingerprint density at radius 1 is 1.32 bits per heavy atom. The first-order valence-electron chi connectivity index (χ1n) is 5.68. The molecule has 0 aliphatic heterocycles. The molecule has 9 nitrogen and oxygen atoms in total. The maximum absolute atomic E-state index is 9.28. The maximum atomic E-state index is 9.28. The van der Waals surface area contributed by atoms with Crippen molar-refractivity contribution in [2.75, 3.05) is 30.8 Å². The summed E-state index contributed by atoms with van der Waals surface area (Å²) in [4.78, 5) is 16.4. The van der Waals surface area contributed by atoms with Gasteiger partial charge in [-0.2, -0.15) is 15.0 Å². The Kier molecular flexibility index (Phi) is 4.21. The van der Waals surface area contributed by atoms with E-state index in [0.717, 1.165) is 0 Å². The molecule has 0 fully saturated rings. The Morgan fingerprint density at radius 3 is 2.74 bits per heavy atom. The van der Waals surface area contributed by atoms with Gasteiger partial charge in [0.15, 0.2) is 0 Å². The standard InChI is InChI=1S/C10H15N7O2/c1-11-8-14-9(13-4-7(19)5-18)16-10(15-8)17-3-2-12-6-17/h2-3,6-7,18-19H,4-5H2,1H3,(H2,11,13,14,15,16). The smallest absolute Gasteiger partial charge is 0.241 e. The number of aliphatic hydroxyl groups is 2. The highest BCUT2D eigenvalue weighted by Gasteiger charge is 2.08. The lowest BCUT2D eigenvalue weighted by molar-refractivity contribution is 0.105. The molecule has 4 N–H and O–H groups in total. The van der Waals surface area contributed by atoms with Crippen molar-refractivity contribution in [2.45, 2.75) is 6.10 Å². The predicted molar refractivity (Wildman–Crippen MR) is 68.1 cm³/mol. The first-order valence-corrected chi connectivity index (χ1v) is 5.68. The Morgan fingerprint density at radius 2 is 2.11 bits per heavy atom. The molecule has 0 aromatic carbocycles. The number of hydrogen-bond acceptors (Lipinski definition) is 8. The van der Waals surface area contributed by atoms with Crippen LogP contribution in [0.4, 0.5) is 11.9 Å². The van der Waals surface area contributed by atoms with E-state index in [-0.39, 0.29) is 13.2 Å². The lowest BCUT2D eigenvalue weighted by Crippen LogP contribution is -2.24. The molecule has 2 rings (SSSR count). The second kappa shape index (κ2) is 6.07. The van der Waals surface area contributed by atoms with Gasteiger partial charge in [-0.1, -0.05) is 0 Å². The van der Waals surface area contributed by atoms with Crippen LogP contribution in [0, 0.1) is 0 Å². The number of hydrogen-bond donors (Lipinski definition) is 4. The van der Waals surface area contributed by atoms with Gasteiger partial charge in [0.25, 0.3) is 0 Å². The summed E-state index contributed by atoms with van der Waals surface area (Å²) in [5, 5.41) is 23.7. The molecule has 0 bridgehead atoms. The zero-order valence-corrected chi connectivity index (χ0v) is 10.4. The third kappa shape index (κ3) is 3.36. The summed E-state index contributed by atoms with van der Waals surface area (Å²) in [5.41, 5.74) is 0. The summed E-state index contributed by atoms with van der Waals surface area (Å²) >= 11 is 0. The Balaban J connectivity index is 2.21. The van der Waals surface area contributed by atoms with Crippen molar-refractivity contribution in [1.82, 2.24) is 24.5 Å². The Hall–Kier alpha value is -2.26. The number of anilines is 2. The van der Waals surface area contributed by atoms with Crippen LogP contribution in [0.5, 0.6) is 0 Å². The van der Waals surface area contributed by atoms with E-state index in [4.69, 9.17) is 5.11 Å². The molecule has 0 saturated heterocycles. The van der Waals surface area contributed by atoms with Gasteiger partial charge < -0.3 is 20.8 Å². The third-order valence-corrected chi connectivity index (χ3v) is 2.29. The number of nitrogens with zero attached hydrogens (tertiary/aromatic N) is 5. The third-order valence-electron chi connectivity index (χ3n) is 2.29. The van der Waals surface area contributed by atoms with Crippen molar-refractivity contribution in [3.8, 4) is 5.95 Å². The normalized spacial score (nSPS) is 12.2. The van der Waals surface area contributed by atoms with Crippen LogP contribution in [0.1, 0.15) is 0 Å². The zero-order chi connectivity index (χ0) is 13.7. The van der Waals surface area contributed by atoms with Crippen LogP contribution in [0.25, 0.3) is 5.95 Å². The predicted octanol–water partition coefficient (Wildman–Crippen LogP) is -1.14. The van der Waals surface area contributed by atoms with Gasteiger partial charge in [-0.15, -0.1) is 0 Å². The van der Waals surface area contributed by atoms with Crippen LogP contribution < -0.4 is 10.6 Å². The molecule has 0 spiro atoms. The van der Waals surface area contributed by atoms with Crippen LogP contribution in [-0.2, 0) is 0 Å². The van der Waals surface area contributed by atoms with E-state index in [1.54, 1.807) is 30.3 Å². The summed E-state index contributed by atoms with van der Waals surface area (Å²) in [6.07, 6.45) is 4.03. The number of nitrogens with one attached hydrogen (secondary N) is 2. The van der Waals surface area contributed by atoms with Crippen molar-refractivity contribution in [2.24, 2.45) is 0 Å². The molecule has 1 atom stereocenters. The van der Waals surface area contributed by atoms with Crippen molar-refractivity contribution in [1.29, 1.82) is 0 Å². The molecular formula is C10H15N7O2. The van der Waals surface area contributed by atoms with Gasteiger partial charge in [0.05, 0.1) is 12.7 Å². The molecular weight excluding hydrogens is 250 g/mol. The summed E-state index contributed by atoms with van der Waals surface area (Å²) in [7, 11) is 1.69. The van der Waals surface area contributed by atoms with Crippen molar-refractivity contribution in [3.63, 3.8) is 0 Å². The number of aromatic nitrogens is 5. The van der Waals surface area contributed by atoms with Crippen LogP contribution in [0.2, 0.25) is 0 Å².